The highest BCUT2D eigenvalue weighted by Gasteiger charge is 2.46. The maximum absolute atomic E-state index is 14.3. The van der Waals surface area contributed by atoms with Crippen molar-refractivity contribution in [1.29, 1.82) is 0 Å². The molecule has 0 spiro atoms. The topological polar surface area (TPSA) is 26.0 Å². The molecule has 0 aliphatic rings. The average molecular weight is 532 g/mol. The lowest BCUT2D eigenvalue weighted by Gasteiger charge is -2.26. The summed E-state index contributed by atoms with van der Waals surface area (Å²) in [6.45, 7) is 0. The summed E-state index contributed by atoms with van der Waals surface area (Å²) in [6.07, 6.45) is 0.401. The van der Waals surface area contributed by atoms with Crippen molar-refractivity contribution in [2.75, 3.05) is 0 Å². The van der Waals surface area contributed by atoms with Crippen LogP contribution < -0.4 is 15.9 Å². The van der Waals surface area contributed by atoms with E-state index in [0.29, 0.717) is 12.2 Å². The molecule has 5 rings (SSSR count). The number of alkyl halides is 3. The summed E-state index contributed by atoms with van der Waals surface area (Å²) in [5.74, 6) is -0.725. The Morgan fingerprint density at radius 3 is 1.71 bits per heavy atom. The van der Waals surface area contributed by atoms with Crippen LogP contribution in [-0.4, -0.2) is 4.98 Å². The molecule has 0 unspecified atom stereocenters. The molecule has 1 heterocycles. The zero-order chi connectivity index (χ0) is 26.6. The summed E-state index contributed by atoms with van der Waals surface area (Å²) in [6, 6.07) is 33.5. The third-order valence-corrected chi connectivity index (χ3v) is 10.6. The smallest absolute Gasteiger partial charge is 0.416 e. The molecule has 0 saturated heterocycles. The highest BCUT2D eigenvalue weighted by Crippen LogP contribution is 2.58. The van der Waals surface area contributed by atoms with Crippen molar-refractivity contribution < 1.29 is 22.0 Å². The first kappa shape index (κ1) is 25.6. The van der Waals surface area contributed by atoms with Gasteiger partial charge in [0.2, 0.25) is 5.89 Å². The molecule has 0 aliphatic heterocycles. The molecule has 2 nitrogen and oxygen atoms in total. The van der Waals surface area contributed by atoms with E-state index in [1.165, 1.54) is 28.1 Å². The van der Waals surface area contributed by atoms with Gasteiger partial charge in [0.15, 0.2) is 0 Å². The van der Waals surface area contributed by atoms with Gasteiger partial charge in [0, 0.05) is 11.6 Å². The number of oxazole rings is 1. The van der Waals surface area contributed by atoms with Gasteiger partial charge in [-0.2, -0.15) is 13.2 Å². The Morgan fingerprint density at radius 1 is 0.711 bits per heavy atom. The van der Waals surface area contributed by atoms with Gasteiger partial charge in [-0.3, -0.25) is 0 Å². The molecule has 0 aliphatic carbocycles. The van der Waals surface area contributed by atoms with Crippen molar-refractivity contribution in [3.05, 3.63) is 144 Å². The lowest BCUT2D eigenvalue weighted by Crippen LogP contribution is -2.32. The summed E-state index contributed by atoms with van der Waals surface area (Å²) in [5.41, 5.74) is -0.298. The Kier molecular flexibility index (Phi) is 7.26. The van der Waals surface area contributed by atoms with Crippen LogP contribution in [0.25, 0.3) is 12.2 Å². The van der Waals surface area contributed by atoms with Gasteiger partial charge < -0.3 is 4.42 Å². The van der Waals surface area contributed by atoms with E-state index in [2.05, 4.69) is 41.4 Å². The second kappa shape index (κ2) is 10.8. The van der Waals surface area contributed by atoms with E-state index in [1.807, 2.05) is 54.6 Å². The summed E-state index contributed by atoms with van der Waals surface area (Å²) >= 11 is 0. The SMILES string of the molecule is Fc1cc(C(F)(F)F)ccc1C=Cc1nc(C[P+](c2ccccc2)(c2ccccc2)c2ccccc2)co1. The van der Waals surface area contributed by atoms with Crippen LogP contribution in [0, 0.1) is 5.82 Å². The van der Waals surface area contributed by atoms with Crippen molar-refractivity contribution in [3.8, 4) is 0 Å². The van der Waals surface area contributed by atoms with E-state index in [0.717, 1.165) is 17.8 Å². The molecule has 0 saturated carbocycles. The second-order valence-corrected chi connectivity index (χ2v) is 12.2. The molecular formula is C31H23F4NOP+. The van der Waals surface area contributed by atoms with Gasteiger partial charge in [0.1, 0.15) is 47.1 Å². The maximum Gasteiger partial charge on any atom is 0.416 e. The fourth-order valence-corrected chi connectivity index (χ4v) is 8.60. The van der Waals surface area contributed by atoms with Crippen LogP contribution in [0.5, 0.6) is 0 Å². The van der Waals surface area contributed by atoms with Crippen LogP contribution in [0.15, 0.2) is 120 Å². The molecule has 7 heteroatoms. The average Bonchev–Trinajstić information content (AvgIpc) is 3.39. The van der Waals surface area contributed by atoms with E-state index in [9.17, 15) is 17.6 Å². The van der Waals surface area contributed by atoms with Crippen molar-refractivity contribution in [3.63, 3.8) is 0 Å². The Bertz CT molecular complexity index is 1430. The van der Waals surface area contributed by atoms with Gasteiger partial charge in [-0.1, -0.05) is 60.7 Å². The molecule has 5 aromatic rings. The van der Waals surface area contributed by atoms with Gasteiger partial charge in [0.25, 0.3) is 0 Å². The van der Waals surface area contributed by atoms with Gasteiger partial charge in [-0.05, 0) is 54.6 Å². The number of hydrogen-bond acceptors (Lipinski definition) is 2. The molecule has 38 heavy (non-hydrogen) atoms. The lowest BCUT2D eigenvalue weighted by atomic mass is 10.1. The van der Waals surface area contributed by atoms with Crippen molar-refractivity contribution in [2.45, 2.75) is 12.3 Å². The number of rotatable bonds is 7. The van der Waals surface area contributed by atoms with Gasteiger partial charge >= 0.3 is 6.18 Å². The minimum atomic E-state index is -4.60. The number of hydrogen-bond donors (Lipinski definition) is 0. The maximum atomic E-state index is 14.3. The molecule has 1 aromatic heterocycles. The van der Waals surface area contributed by atoms with E-state index in [1.54, 1.807) is 6.26 Å². The first-order valence-corrected chi connectivity index (χ1v) is 13.9. The van der Waals surface area contributed by atoms with Gasteiger partial charge in [0.05, 0.1) is 5.56 Å². The molecule has 190 valence electrons. The van der Waals surface area contributed by atoms with Crippen LogP contribution in [0.2, 0.25) is 0 Å². The van der Waals surface area contributed by atoms with Crippen molar-refractivity contribution in [2.24, 2.45) is 0 Å². The van der Waals surface area contributed by atoms with Crippen LogP contribution >= 0.6 is 7.26 Å². The zero-order valence-electron chi connectivity index (χ0n) is 20.1. The standard InChI is InChI=1S/C31H23F4NOP/c32-29-20-24(31(33,34)35)18-16-23(29)17-19-30-36-25(21-37-30)22-38(26-10-4-1-5-11-26,27-12-6-2-7-13-27)28-14-8-3-9-15-28/h1-21H,22H2/q+1. The summed E-state index contributed by atoms with van der Waals surface area (Å²) in [4.78, 5) is 4.65. The van der Waals surface area contributed by atoms with Gasteiger partial charge in [-0.25, -0.2) is 9.37 Å². The Balaban J connectivity index is 1.52. The Labute approximate surface area is 218 Å². The minimum Gasteiger partial charge on any atom is -0.445 e. The summed E-state index contributed by atoms with van der Waals surface area (Å²) in [7, 11) is -2.18. The third kappa shape index (κ3) is 5.32. The van der Waals surface area contributed by atoms with Crippen LogP contribution in [0.1, 0.15) is 22.7 Å². The monoisotopic (exact) mass is 532 g/mol. The van der Waals surface area contributed by atoms with E-state index >= 15 is 0 Å². The lowest BCUT2D eigenvalue weighted by molar-refractivity contribution is -0.137. The molecule has 0 amide bonds. The number of benzene rings is 4. The fraction of sp³-hybridized carbons (Fsp3) is 0.0645. The van der Waals surface area contributed by atoms with E-state index in [-0.39, 0.29) is 11.5 Å². The predicted molar refractivity (Wildman–Crippen MR) is 146 cm³/mol. The van der Waals surface area contributed by atoms with Crippen molar-refractivity contribution in [1.82, 2.24) is 4.98 Å². The summed E-state index contributed by atoms with van der Waals surface area (Å²) in [5, 5.41) is 3.60. The molecule has 0 fully saturated rings. The number of halogens is 4. The van der Waals surface area contributed by atoms with E-state index < -0.39 is 24.8 Å². The fourth-order valence-electron chi connectivity index (χ4n) is 4.48. The first-order valence-electron chi connectivity index (χ1n) is 11.9. The second-order valence-electron chi connectivity index (χ2n) is 8.72. The first-order chi connectivity index (χ1) is 18.4. The molecule has 0 atom stereocenters. The van der Waals surface area contributed by atoms with Gasteiger partial charge in [-0.15, -0.1) is 0 Å². The van der Waals surface area contributed by atoms with Crippen molar-refractivity contribution >= 4 is 35.3 Å². The predicted octanol–water partition coefficient (Wildman–Crippen LogP) is 7.50. The highest BCUT2D eigenvalue weighted by atomic mass is 31.2. The normalized spacial score (nSPS) is 12.2. The largest absolute Gasteiger partial charge is 0.445 e. The molecule has 0 N–H and O–H groups in total. The van der Waals surface area contributed by atoms with E-state index in [4.69, 9.17) is 4.42 Å². The zero-order valence-corrected chi connectivity index (χ0v) is 21.0. The molecule has 0 radical (unpaired) electrons. The highest BCUT2D eigenvalue weighted by molar-refractivity contribution is 7.95. The molecule has 4 aromatic carbocycles. The van der Waals surface area contributed by atoms with Crippen LogP contribution in [0.3, 0.4) is 0 Å². The number of nitrogens with zero attached hydrogens (tertiary/aromatic N) is 1. The summed E-state index contributed by atoms with van der Waals surface area (Å²) < 4.78 is 58.5. The minimum absolute atomic E-state index is 0.0115. The Hall–Kier alpha value is -4.02. The Morgan fingerprint density at radius 2 is 1.24 bits per heavy atom. The molecular weight excluding hydrogens is 509 g/mol. The number of aromatic nitrogens is 1. The third-order valence-electron chi connectivity index (χ3n) is 6.29. The van der Waals surface area contributed by atoms with Crippen LogP contribution in [0.4, 0.5) is 17.6 Å². The quantitative estimate of drug-likeness (QED) is 0.160. The molecule has 0 bridgehead atoms. The van der Waals surface area contributed by atoms with Crippen LogP contribution in [-0.2, 0) is 12.3 Å².